The minimum atomic E-state index is -4.53. The second-order valence-corrected chi connectivity index (χ2v) is 8.84. The normalized spacial score (nSPS) is 15.2. The molecular formula is C26H37F3N2O2. The highest BCUT2D eigenvalue weighted by Crippen LogP contribution is 2.38. The number of rotatable bonds is 17. The molecule has 0 saturated carbocycles. The zero-order chi connectivity index (χ0) is 24.2. The first kappa shape index (κ1) is 26.9. The molecule has 0 bridgehead atoms. The Balaban J connectivity index is 1.77. The van der Waals surface area contributed by atoms with Crippen molar-refractivity contribution in [3.63, 3.8) is 0 Å². The summed E-state index contributed by atoms with van der Waals surface area (Å²) in [5.74, 6) is -0.949. The molecule has 0 saturated heterocycles. The number of carbonyl (C=O) groups is 1. The number of benzene rings is 1. The van der Waals surface area contributed by atoms with E-state index in [1.165, 1.54) is 50.7 Å². The first-order chi connectivity index (χ1) is 15.8. The van der Waals surface area contributed by atoms with Crippen LogP contribution in [0.2, 0.25) is 0 Å². The molecule has 4 nitrogen and oxygen atoms in total. The highest BCUT2D eigenvalue weighted by atomic mass is 19.4. The molecule has 2 rings (SSSR count). The number of nitrogens with zero attached hydrogens (tertiary/aromatic N) is 1. The van der Waals surface area contributed by atoms with Crippen LogP contribution in [0.25, 0.3) is 0 Å². The molecule has 1 aromatic carbocycles. The Kier molecular flexibility index (Phi) is 10.9. The number of nitrogens with one attached hydrogen (secondary N) is 1. The lowest BCUT2D eigenvalue weighted by atomic mass is 9.75. The van der Waals surface area contributed by atoms with Gasteiger partial charge < -0.3 is 5.11 Å². The van der Waals surface area contributed by atoms with Gasteiger partial charge in [0, 0.05) is 0 Å². The Morgan fingerprint density at radius 1 is 0.939 bits per heavy atom. The van der Waals surface area contributed by atoms with Gasteiger partial charge in [0.2, 0.25) is 0 Å². The molecule has 0 spiro atoms. The summed E-state index contributed by atoms with van der Waals surface area (Å²) in [6.07, 6.45) is 13.5. The average molecular weight is 467 g/mol. The van der Waals surface area contributed by atoms with E-state index >= 15 is 0 Å². The van der Waals surface area contributed by atoms with Crippen LogP contribution in [0.3, 0.4) is 0 Å². The van der Waals surface area contributed by atoms with Gasteiger partial charge in [-0.3, -0.25) is 10.2 Å². The number of unbranched alkanes of at least 4 members (excludes halogenated alkanes) is 10. The number of halogens is 3. The van der Waals surface area contributed by atoms with Gasteiger partial charge in [0.15, 0.2) is 11.3 Å². The first-order valence-electron chi connectivity index (χ1n) is 12.2. The van der Waals surface area contributed by atoms with Crippen LogP contribution in [-0.2, 0) is 16.4 Å². The monoisotopic (exact) mass is 466 g/mol. The van der Waals surface area contributed by atoms with Gasteiger partial charge in [-0.1, -0.05) is 88.6 Å². The summed E-state index contributed by atoms with van der Waals surface area (Å²) in [7, 11) is 0. The number of amidine groups is 1. The third kappa shape index (κ3) is 8.52. The van der Waals surface area contributed by atoms with E-state index in [1.54, 1.807) is 0 Å². The Hall–Kier alpha value is -2.31. The van der Waals surface area contributed by atoms with Gasteiger partial charge in [-0.05, 0) is 43.7 Å². The van der Waals surface area contributed by atoms with Gasteiger partial charge in [-0.2, -0.15) is 18.3 Å². The molecule has 1 aliphatic rings. The van der Waals surface area contributed by atoms with Crippen LogP contribution in [0.5, 0.6) is 0 Å². The third-order valence-electron chi connectivity index (χ3n) is 6.24. The minimum Gasteiger partial charge on any atom is -0.480 e. The number of hydrogen-bond acceptors (Lipinski definition) is 3. The van der Waals surface area contributed by atoms with Crippen molar-refractivity contribution in [3.05, 3.63) is 47.5 Å². The fourth-order valence-corrected chi connectivity index (χ4v) is 4.20. The number of carboxylic acids is 1. The molecule has 0 aliphatic carbocycles. The van der Waals surface area contributed by atoms with Crippen LogP contribution >= 0.6 is 0 Å². The molecule has 1 unspecified atom stereocenters. The van der Waals surface area contributed by atoms with Crippen molar-refractivity contribution in [2.45, 2.75) is 102 Å². The van der Waals surface area contributed by atoms with Gasteiger partial charge in [-0.15, -0.1) is 0 Å². The summed E-state index contributed by atoms with van der Waals surface area (Å²) in [5.41, 5.74) is 0.295. The van der Waals surface area contributed by atoms with Crippen molar-refractivity contribution in [1.82, 2.24) is 5.43 Å². The van der Waals surface area contributed by atoms with Crippen molar-refractivity contribution >= 4 is 11.8 Å². The molecule has 1 aliphatic heterocycles. The van der Waals surface area contributed by atoms with Gasteiger partial charge in [0.25, 0.3) is 0 Å². The number of alkyl halides is 3. The Labute approximate surface area is 195 Å². The molecule has 2 N–H and O–H groups in total. The average Bonchev–Trinajstić information content (AvgIpc) is 3.61. The predicted molar refractivity (Wildman–Crippen MR) is 126 cm³/mol. The van der Waals surface area contributed by atoms with Crippen molar-refractivity contribution in [2.24, 2.45) is 5.10 Å². The van der Waals surface area contributed by atoms with Crippen molar-refractivity contribution in [3.8, 4) is 0 Å². The van der Waals surface area contributed by atoms with Crippen molar-refractivity contribution in [2.75, 3.05) is 0 Å². The van der Waals surface area contributed by atoms with Crippen LogP contribution in [0.4, 0.5) is 13.2 Å². The molecule has 0 radical (unpaired) electrons. The summed E-state index contributed by atoms with van der Waals surface area (Å²) >= 11 is 0. The van der Waals surface area contributed by atoms with Crippen LogP contribution in [0.1, 0.15) is 102 Å². The molecular weight excluding hydrogens is 429 g/mol. The lowest BCUT2D eigenvalue weighted by Gasteiger charge is -2.26. The van der Waals surface area contributed by atoms with E-state index in [2.05, 4.69) is 29.6 Å². The predicted octanol–water partition coefficient (Wildman–Crippen LogP) is 7.59. The Morgan fingerprint density at radius 3 is 2.03 bits per heavy atom. The van der Waals surface area contributed by atoms with Gasteiger partial charge in [0.05, 0.1) is 5.56 Å². The number of carboxylic acid groups (broad SMARTS) is 1. The lowest BCUT2D eigenvalue weighted by Crippen LogP contribution is -2.42. The number of hydrogen-bond donors (Lipinski definition) is 2. The topological polar surface area (TPSA) is 71.6 Å². The van der Waals surface area contributed by atoms with E-state index in [4.69, 9.17) is 0 Å². The fraction of sp³-hybridized carbons (Fsp3) is 0.615. The third-order valence-corrected chi connectivity index (χ3v) is 6.24. The lowest BCUT2D eigenvalue weighted by molar-refractivity contribution is -0.142. The molecule has 0 amide bonds. The second kappa shape index (κ2) is 13.4. The van der Waals surface area contributed by atoms with E-state index in [9.17, 15) is 23.1 Å². The van der Waals surface area contributed by atoms with Gasteiger partial charge in [0.1, 0.15) is 0 Å². The van der Waals surface area contributed by atoms with Crippen LogP contribution in [0, 0.1) is 0 Å². The van der Waals surface area contributed by atoms with E-state index in [1.807, 2.05) is 0 Å². The zero-order valence-electron chi connectivity index (χ0n) is 19.6. The van der Waals surface area contributed by atoms with Crippen molar-refractivity contribution < 1.29 is 23.1 Å². The minimum absolute atomic E-state index is 0.117. The van der Waals surface area contributed by atoms with E-state index < -0.39 is 23.1 Å². The molecule has 7 heteroatoms. The van der Waals surface area contributed by atoms with Gasteiger partial charge in [-0.25, -0.2) is 0 Å². The molecule has 1 aromatic rings. The molecule has 33 heavy (non-hydrogen) atoms. The number of allylic oxidation sites excluding steroid dienone is 2. The summed E-state index contributed by atoms with van der Waals surface area (Å²) in [5, 5.41) is 13.8. The molecule has 0 aromatic heterocycles. The highest BCUT2D eigenvalue weighted by Gasteiger charge is 2.50. The standard InChI is InChI=1S/C26H37F3N2O2/c1-2-3-4-5-6-7-8-9-10-11-12-13-14-15-19-25(24(32)33,23-30-31-23)21-17-16-18-22(20-21)26(27,28)29/h9-10,16-18,20H,2-8,11-15,19H2,1H3,(H,30,31)(H,32,33)/b10-9-. The summed E-state index contributed by atoms with van der Waals surface area (Å²) in [4.78, 5) is 12.2. The summed E-state index contributed by atoms with van der Waals surface area (Å²) < 4.78 is 39.5. The van der Waals surface area contributed by atoms with Crippen LogP contribution < -0.4 is 5.43 Å². The molecule has 1 heterocycles. The summed E-state index contributed by atoms with van der Waals surface area (Å²) in [6.45, 7) is 2.22. The Morgan fingerprint density at radius 2 is 1.48 bits per heavy atom. The smallest absolute Gasteiger partial charge is 0.416 e. The highest BCUT2D eigenvalue weighted by molar-refractivity contribution is 6.14. The maximum absolute atomic E-state index is 13.2. The fourth-order valence-electron chi connectivity index (χ4n) is 4.20. The number of aliphatic carboxylic acids is 1. The largest absolute Gasteiger partial charge is 0.480 e. The van der Waals surface area contributed by atoms with E-state index in [-0.39, 0.29) is 17.8 Å². The summed E-state index contributed by atoms with van der Waals surface area (Å²) in [6, 6.07) is 4.60. The van der Waals surface area contributed by atoms with Crippen LogP contribution in [0.15, 0.2) is 41.5 Å². The number of hydrazone groups is 1. The molecule has 0 fully saturated rings. The SMILES string of the molecule is CCCCCCCC/C=C\CCCCCCC(C(=O)O)(C1=NN1)c1cccc(C(F)(F)F)c1. The van der Waals surface area contributed by atoms with Crippen molar-refractivity contribution in [1.29, 1.82) is 0 Å². The maximum Gasteiger partial charge on any atom is 0.416 e. The van der Waals surface area contributed by atoms with Crippen LogP contribution in [-0.4, -0.2) is 16.9 Å². The van der Waals surface area contributed by atoms with Gasteiger partial charge >= 0.3 is 12.1 Å². The Bertz CT molecular complexity index is 801. The maximum atomic E-state index is 13.2. The van der Waals surface area contributed by atoms with E-state index in [0.29, 0.717) is 6.42 Å². The van der Waals surface area contributed by atoms with E-state index in [0.717, 1.165) is 44.2 Å². The quantitative estimate of drug-likeness (QED) is 0.183. The first-order valence-corrected chi connectivity index (χ1v) is 12.2. The molecule has 184 valence electrons. The molecule has 1 atom stereocenters. The second-order valence-electron chi connectivity index (χ2n) is 8.84. The zero-order valence-corrected chi connectivity index (χ0v) is 19.6.